The highest BCUT2D eigenvalue weighted by atomic mass is 32.2. The summed E-state index contributed by atoms with van der Waals surface area (Å²) in [5, 5.41) is 19.8. The molecule has 0 fully saturated rings. The largest absolute Gasteiger partial charge is 0.510 e. The van der Waals surface area contributed by atoms with E-state index in [1.165, 1.54) is 16.8 Å². The predicted octanol–water partition coefficient (Wildman–Crippen LogP) is 3.68. The van der Waals surface area contributed by atoms with Crippen LogP contribution in [0, 0.1) is 5.41 Å². The van der Waals surface area contributed by atoms with Crippen LogP contribution < -0.4 is 5.43 Å². The fourth-order valence-electron chi connectivity index (χ4n) is 2.81. The number of hydrazine groups is 1. The zero-order chi connectivity index (χ0) is 18.8. The van der Waals surface area contributed by atoms with Crippen LogP contribution in [0.4, 0.5) is 0 Å². The van der Waals surface area contributed by atoms with E-state index in [1.807, 2.05) is 54.6 Å². The molecule has 4 rings (SSSR count). The number of thioether (sulfide) groups is 1. The number of benzene rings is 2. The Hall–Kier alpha value is -2.84. The molecule has 0 unspecified atom stereocenters. The Balaban J connectivity index is 1.37. The van der Waals surface area contributed by atoms with Gasteiger partial charge in [-0.25, -0.2) is 4.98 Å². The summed E-state index contributed by atoms with van der Waals surface area (Å²) in [5.41, 5.74) is 4.80. The van der Waals surface area contributed by atoms with E-state index in [4.69, 9.17) is 5.41 Å². The van der Waals surface area contributed by atoms with Crippen molar-refractivity contribution in [3.8, 4) is 0 Å². The van der Waals surface area contributed by atoms with Gasteiger partial charge >= 0.3 is 0 Å². The van der Waals surface area contributed by atoms with Crippen molar-refractivity contribution in [1.82, 2.24) is 15.4 Å². The first kappa shape index (κ1) is 17.6. The van der Waals surface area contributed by atoms with E-state index in [1.54, 1.807) is 11.3 Å². The Labute approximate surface area is 164 Å². The average molecular weight is 396 g/mol. The first-order chi connectivity index (χ1) is 13.1. The van der Waals surface area contributed by atoms with E-state index in [-0.39, 0.29) is 29.8 Å². The van der Waals surface area contributed by atoms with E-state index in [9.17, 15) is 9.90 Å². The van der Waals surface area contributed by atoms with E-state index in [2.05, 4.69) is 10.4 Å². The number of fused-ring (bicyclic) bond motifs is 1. The summed E-state index contributed by atoms with van der Waals surface area (Å²) in [6.07, 6.45) is 0. The van der Waals surface area contributed by atoms with Gasteiger partial charge < -0.3 is 5.11 Å². The number of hydrogen-bond donors (Lipinski definition) is 3. The van der Waals surface area contributed by atoms with Crippen LogP contribution in [0.2, 0.25) is 0 Å². The third-order valence-electron chi connectivity index (χ3n) is 4.03. The number of para-hydroxylation sites is 1. The van der Waals surface area contributed by atoms with Crippen molar-refractivity contribution in [1.29, 1.82) is 5.41 Å². The number of aliphatic hydroxyl groups is 1. The molecule has 8 heteroatoms. The summed E-state index contributed by atoms with van der Waals surface area (Å²) in [5.74, 6) is 0.0962. The lowest BCUT2D eigenvalue weighted by Crippen LogP contribution is -2.44. The second-order valence-corrected chi connectivity index (χ2v) is 8.15. The van der Waals surface area contributed by atoms with Gasteiger partial charge in [-0.15, -0.1) is 11.3 Å². The molecule has 136 valence electrons. The van der Waals surface area contributed by atoms with Crippen molar-refractivity contribution in [3.63, 3.8) is 0 Å². The molecule has 1 aromatic heterocycles. The van der Waals surface area contributed by atoms with Gasteiger partial charge in [0.2, 0.25) is 5.91 Å². The molecule has 1 aliphatic rings. The van der Waals surface area contributed by atoms with Crippen LogP contribution in [-0.2, 0) is 4.79 Å². The van der Waals surface area contributed by atoms with Crippen LogP contribution in [0.25, 0.3) is 15.8 Å². The van der Waals surface area contributed by atoms with Gasteiger partial charge in [-0.05, 0) is 17.7 Å². The topological polar surface area (TPSA) is 89.3 Å². The Morgan fingerprint density at radius 2 is 1.96 bits per heavy atom. The fourth-order valence-corrected chi connectivity index (χ4v) is 4.67. The van der Waals surface area contributed by atoms with Gasteiger partial charge in [0.1, 0.15) is 5.76 Å². The summed E-state index contributed by atoms with van der Waals surface area (Å²) in [4.78, 5) is 16.8. The molecule has 3 N–H and O–H groups in total. The van der Waals surface area contributed by atoms with E-state index in [0.717, 1.165) is 20.1 Å². The number of carbonyl (C=O) groups excluding carboxylic acids is 1. The van der Waals surface area contributed by atoms with Crippen LogP contribution in [0.3, 0.4) is 0 Å². The van der Waals surface area contributed by atoms with Crippen molar-refractivity contribution in [2.75, 3.05) is 12.3 Å². The molecule has 1 aliphatic heterocycles. The lowest BCUT2D eigenvalue weighted by atomic mass is 10.1. The summed E-state index contributed by atoms with van der Waals surface area (Å²) < 4.78 is 1.91. The van der Waals surface area contributed by atoms with Crippen LogP contribution in [0.1, 0.15) is 5.56 Å². The van der Waals surface area contributed by atoms with Gasteiger partial charge in [-0.3, -0.25) is 20.6 Å². The highest BCUT2D eigenvalue weighted by molar-refractivity contribution is 8.01. The third kappa shape index (κ3) is 3.67. The average Bonchev–Trinajstić information content (AvgIpc) is 3.21. The molecule has 27 heavy (non-hydrogen) atoms. The first-order valence-electron chi connectivity index (χ1n) is 8.23. The zero-order valence-electron chi connectivity index (χ0n) is 14.2. The zero-order valence-corrected chi connectivity index (χ0v) is 15.8. The minimum Gasteiger partial charge on any atom is -0.510 e. The molecule has 2 aromatic carbocycles. The van der Waals surface area contributed by atoms with Gasteiger partial charge in [0, 0.05) is 0 Å². The number of hydrogen-bond acceptors (Lipinski definition) is 6. The number of aromatic nitrogens is 1. The summed E-state index contributed by atoms with van der Waals surface area (Å²) in [6, 6.07) is 17.1. The number of amides is 1. The SMILES string of the molecule is N=C1C(c2ccccc2)=C(O)CN1NC(=O)CSc1nc2ccccc2s1. The van der Waals surface area contributed by atoms with Crippen molar-refractivity contribution in [2.45, 2.75) is 4.34 Å². The molecule has 0 aliphatic carbocycles. The van der Waals surface area contributed by atoms with Gasteiger partial charge in [0.15, 0.2) is 10.2 Å². The predicted molar refractivity (Wildman–Crippen MR) is 109 cm³/mol. The van der Waals surface area contributed by atoms with Crippen molar-refractivity contribution in [3.05, 3.63) is 65.9 Å². The second-order valence-electron chi connectivity index (χ2n) is 5.89. The highest BCUT2D eigenvalue weighted by Crippen LogP contribution is 2.29. The van der Waals surface area contributed by atoms with Gasteiger partial charge in [-0.2, -0.15) is 0 Å². The van der Waals surface area contributed by atoms with Gasteiger partial charge in [-0.1, -0.05) is 54.2 Å². The quantitative estimate of drug-likeness (QED) is 0.573. The van der Waals surface area contributed by atoms with Crippen molar-refractivity contribution >= 4 is 50.6 Å². The first-order valence-corrected chi connectivity index (χ1v) is 10.0. The molecule has 6 nitrogen and oxygen atoms in total. The molecule has 1 amide bonds. The smallest absolute Gasteiger partial charge is 0.248 e. The summed E-state index contributed by atoms with van der Waals surface area (Å²) >= 11 is 2.91. The van der Waals surface area contributed by atoms with E-state index >= 15 is 0 Å². The maximum Gasteiger partial charge on any atom is 0.248 e. The maximum absolute atomic E-state index is 12.3. The minimum atomic E-state index is -0.244. The number of nitrogens with one attached hydrogen (secondary N) is 2. The standard InChI is InChI=1S/C19H16N4O2S2/c20-18-17(12-6-2-1-3-7-12)14(24)10-23(18)22-16(25)11-26-19-21-13-8-4-5-9-15(13)27-19/h1-9,20,24H,10-11H2,(H,22,25). The number of nitrogens with zero attached hydrogens (tertiary/aromatic N) is 2. The Morgan fingerprint density at radius 1 is 1.22 bits per heavy atom. The number of carbonyl (C=O) groups is 1. The van der Waals surface area contributed by atoms with Crippen LogP contribution in [-0.4, -0.2) is 39.1 Å². The van der Waals surface area contributed by atoms with E-state index < -0.39 is 0 Å². The Bertz CT molecular complexity index is 1010. The number of amidine groups is 1. The molecule has 0 radical (unpaired) electrons. The van der Waals surface area contributed by atoms with Crippen LogP contribution in [0.5, 0.6) is 0 Å². The maximum atomic E-state index is 12.3. The van der Waals surface area contributed by atoms with Crippen molar-refractivity contribution in [2.24, 2.45) is 0 Å². The van der Waals surface area contributed by atoms with E-state index in [0.29, 0.717) is 5.57 Å². The lowest BCUT2D eigenvalue weighted by molar-refractivity contribution is -0.121. The Kier molecular flexibility index (Phi) is 4.83. The van der Waals surface area contributed by atoms with Gasteiger partial charge in [0.05, 0.1) is 28.1 Å². The minimum absolute atomic E-state index is 0.0744. The normalized spacial score (nSPS) is 14.2. The fraction of sp³-hybridized carbons (Fsp3) is 0.105. The molecule has 3 aromatic rings. The number of thiazole rings is 1. The monoisotopic (exact) mass is 396 g/mol. The highest BCUT2D eigenvalue weighted by Gasteiger charge is 2.29. The molecule has 0 atom stereocenters. The lowest BCUT2D eigenvalue weighted by Gasteiger charge is -2.19. The molecule has 0 saturated heterocycles. The second kappa shape index (κ2) is 7.42. The molecule has 0 saturated carbocycles. The number of rotatable bonds is 5. The third-order valence-corrected chi connectivity index (χ3v) is 6.21. The molecule has 0 spiro atoms. The molecular formula is C19H16N4O2S2. The molecule has 0 bridgehead atoms. The van der Waals surface area contributed by atoms with Crippen LogP contribution >= 0.6 is 23.1 Å². The molecule has 2 heterocycles. The number of aliphatic hydroxyl groups excluding tert-OH is 1. The summed E-state index contributed by atoms with van der Waals surface area (Å²) in [7, 11) is 0. The van der Waals surface area contributed by atoms with Gasteiger partial charge in [0.25, 0.3) is 0 Å². The summed E-state index contributed by atoms with van der Waals surface area (Å²) in [6.45, 7) is 0.0839. The van der Waals surface area contributed by atoms with Crippen LogP contribution in [0.15, 0.2) is 64.7 Å². The molecular weight excluding hydrogens is 380 g/mol. The Morgan fingerprint density at radius 3 is 2.74 bits per heavy atom. The van der Waals surface area contributed by atoms with Crippen molar-refractivity contribution < 1.29 is 9.90 Å².